The van der Waals surface area contributed by atoms with Crippen molar-refractivity contribution < 1.29 is 0 Å². The third kappa shape index (κ3) is 2.87. The first-order chi connectivity index (χ1) is 9.27. The van der Waals surface area contributed by atoms with Gasteiger partial charge >= 0.3 is 0 Å². The van der Waals surface area contributed by atoms with Crippen molar-refractivity contribution in [3.05, 3.63) is 54.5 Å². The first-order valence-corrected chi connectivity index (χ1v) is 6.80. The van der Waals surface area contributed by atoms with Crippen LogP contribution in [0.25, 0.3) is 5.69 Å². The molecule has 0 N–H and O–H groups in total. The van der Waals surface area contributed by atoms with Gasteiger partial charge in [-0.2, -0.15) is 5.10 Å². The smallest absolute Gasteiger partial charge is 0.0695 e. The third-order valence-corrected chi connectivity index (χ3v) is 3.20. The lowest BCUT2D eigenvalue weighted by Gasteiger charge is -2.22. The van der Waals surface area contributed by atoms with Gasteiger partial charge in [0, 0.05) is 30.8 Å². The lowest BCUT2D eigenvalue weighted by Crippen LogP contribution is -2.16. The molecule has 0 saturated heterocycles. The maximum Gasteiger partial charge on any atom is 0.0695 e. The van der Waals surface area contributed by atoms with E-state index in [0.29, 0.717) is 0 Å². The molecule has 1 aromatic carbocycles. The molecule has 2 aromatic rings. The Morgan fingerprint density at radius 2 is 2.11 bits per heavy atom. The van der Waals surface area contributed by atoms with Gasteiger partial charge < -0.3 is 4.90 Å². The van der Waals surface area contributed by atoms with E-state index in [-0.39, 0.29) is 0 Å². The fourth-order valence-electron chi connectivity index (χ4n) is 2.17. The first-order valence-electron chi connectivity index (χ1n) is 6.80. The summed E-state index contributed by atoms with van der Waals surface area (Å²) in [4.78, 5) is 2.27. The molecule has 2 rings (SSSR count). The summed E-state index contributed by atoms with van der Waals surface area (Å²) in [5, 5.41) is 4.32. The van der Waals surface area contributed by atoms with E-state index in [0.717, 1.165) is 18.7 Å². The highest BCUT2D eigenvalue weighted by atomic mass is 15.3. The average molecular weight is 255 g/mol. The second kappa shape index (κ2) is 6.23. The second-order valence-corrected chi connectivity index (χ2v) is 4.45. The number of hydrogen-bond acceptors (Lipinski definition) is 2. The summed E-state index contributed by atoms with van der Waals surface area (Å²) in [7, 11) is 0. The van der Waals surface area contributed by atoms with Crippen LogP contribution in [-0.4, -0.2) is 16.3 Å². The van der Waals surface area contributed by atoms with E-state index in [1.54, 1.807) is 6.20 Å². The van der Waals surface area contributed by atoms with Crippen LogP contribution in [0.15, 0.2) is 48.9 Å². The number of hydrogen-bond donors (Lipinski definition) is 0. The molecule has 0 amide bonds. The van der Waals surface area contributed by atoms with Crippen LogP contribution in [-0.2, 0) is 0 Å². The maximum atomic E-state index is 4.32. The SMILES string of the molecule is CC/C=C\N(CC)c1cccc(-n2cccn2)c1C. The summed E-state index contributed by atoms with van der Waals surface area (Å²) in [6.45, 7) is 7.42. The molecule has 0 aliphatic carbocycles. The zero-order valence-corrected chi connectivity index (χ0v) is 11.9. The molecular weight excluding hydrogens is 234 g/mol. The predicted octanol–water partition coefficient (Wildman–Crippen LogP) is 3.93. The van der Waals surface area contributed by atoms with Crippen LogP contribution in [0.4, 0.5) is 5.69 Å². The molecule has 0 radical (unpaired) electrons. The minimum Gasteiger partial charge on any atom is -0.348 e. The molecule has 0 aliphatic rings. The highest BCUT2D eigenvalue weighted by molar-refractivity contribution is 5.62. The maximum absolute atomic E-state index is 4.32. The standard InChI is InChI=1S/C16H21N3/c1-4-6-12-18(5-2)15-9-7-10-16(14(15)3)19-13-8-11-17-19/h6-13H,4-5H2,1-3H3/b12-6-. The molecule has 1 aromatic heterocycles. The second-order valence-electron chi connectivity index (χ2n) is 4.45. The van der Waals surface area contributed by atoms with Crippen molar-refractivity contribution in [3.8, 4) is 5.69 Å². The van der Waals surface area contributed by atoms with E-state index in [4.69, 9.17) is 0 Å². The minimum atomic E-state index is 0.958. The number of rotatable bonds is 5. The Labute approximate surface area is 115 Å². The van der Waals surface area contributed by atoms with Crippen LogP contribution < -0.4 is 4.90 Å². The fourth-order valence-corrected chi connectivity index (χ4v) is 2.17. The molecule has 0 unspecified atom stereocenters. The van der Waals surface area contributed by atoms with Crippen LogP contribution in [0.1, 0.15) is 25.8 Å². The van der Waals surface area contributed by atoms with E-state index < -0.39 is 0 Å². The summed E-state index contributed by atoms with van der Waals surface area (Å²) in [5.74, 6) is 0. The lowest BCUT2D eigenvalue weighted by atomic mass is 10.1. The Morgan fingerprint density at radius 3 is 2.74 bits per heavy atom. The average Bonchev–Trinajstić information content (AvgIpc) is 2.95. The van der Waals surface area contributed by atoms with E-state index in [9.17, 15) is 0 Å². The van der Waals surface area contributed by atoms with Crippen molar-refractivity contribution >= 4 is 5.69 Å². The highest BCUT2D eigenvalue weighted by Crippen LogP contribution is 2.25. The topological polar surface area (TPSA) is 21.1 Å². The molecule has 3 heteroatoms. The van der Waals surface area contributed by atoms with Crippen LogP contribution in [0.3, 0.4) is 0 Å². The fraction of sp³-hybridized carbons (Fsp3) is 0.312. The Kier molecular flexibility index (Phi) is 4.39. The molecule has 1 heterocycles. The van der Waals surface area contributed by atoms with Crippen LogP contribution in [0.2, 0.25) is 0 Å². The third-order valence-electron chi connectivity index (χ3n) is 3.20. The summed E-state index contributed by atoms with van der Waals surface area (Å²) in [6, 6.07) is 8.29. The minimum absolute atomic E-state index is 0.958. The molecule has 0 saturated carbocycles. The van der Waals surface area contributed by atoms with Crippen molar-refractivity contribution in [3.63, 3.8) is 0 Å². The van der Waals surface area contributed by atoms with Crippen LogP contribution >= 0.6 is 0 Å². The van der Waals surface area contributed by atoms with Crippen molar-refractivity contribution in [1.29, 1.82) is 0 Å². The Balaban J connectivity index is 2.42. The van der Waals surface area contributed by atoms with E-state index in [2.05, 4.69) is 61.2 Å². The molecule has 0 fully saturated rings. The number of anilines is 1. The molecule has 100 valence electrons. The highest BCUT2D eigenvalue weighted by Gasteiger charge is 2.09. The van der Waals surface area contributed by atoms with Gasteiger partial charge in [0.2, 0.25) is 0 Å². The van der Waals surface area contributed by atoms with Crippen molar-refractivity contribution in [1.82, 2.24) is 9.78 Å². The molecular formula is C16H21N3. The van der Waals surface area contributed by atoms with Gasteiger partial charge in [0.15, 0.2) is 0 Å². The quantitative estimate of drug-likeness (QED) is 0.807. The summed E-state index contributed by atoms with van der Waals surface area (Å²) < 4.78 is 1.91. The molecule has 19 heavy (non-hydrogen) atoms. The summed E-state index contributed by atoms with van der Waals surface area (Å²) in [6.07, 6.45) is 9.18. The van der Waals surface area contributed by atoms with E-state index in [1.807, 2.05) is 16.9 Å². The number of benzene rings is 1. The van der Waals surface area contributed by atoms with Gasteiger partial charge in [-0.3, -0.25) is 0 Å². The Morgan fingerprint density at radius 1 is 1.26 bits per heavy atom. The van der Waals surface area contributed by atoms with E-state index in [1.165, 1.54) is 11.3 Å². The van der Waals surface area contributed by atoms with Crippen molar-refractivity contribution in [2.45, 2.75) is 27.2 Å². The zero-order chi connectivity index (χ0) is 13.7. The number of aromatic nitrogens is 2. The number of nitrogens with zero attached hydrogens (tertiary/aromatic N) is 3. The van der Waals surface area contributed by atoms with Gasteiger partial charge in [0.25, 0.3) is 0 Å². The number of allylic oxidation sites excluding steroid dienone is 1. The van der Waals surface area contributed by atoms with Gasteiger partial charge in [-0.15, -0.1) is 0 Å². The van der Waals surface area contributed by atoms with Gasteiger partial charge in [0.1, 0.15) is 0 Å². The molecule has 0 atom stereocenters. The van der Waals surface area contributed by atoms with Crippen molar-refractivity contribution in [2.24, 2.45) is 0 Å². The Bertz CT molecular complexity index is 541. The first kappa shape index (κ1) is 13.4. The molecule has 0 aliphatic heterocycles. The van der Waals surface area contributed by atoms with Gasteiger partial charge in [-0.05, 0) is 44.0 Å². The molecule has 0 bridgehead atoms. The predicted molar refractivity (Wildman–Crippen MR) is 80.8 cm³/mol. The van der Waals surface area contributed by atoms with E-state index >= 15 is 0 Å². The van der Waals surface area contributed by atoms with Crippen molar-refractivity contribution in [2.75, 3.05) is 11.4 Å². The zero-order valence-electron chi connectivity index (χ0n) is 11.9. The normalized spacial score (nSPS) is 11.1. The monoisotopic (exact) mass is 255 g/mol. The molecule has 3 nitrogen and oxygen atoms in total. The summed E-state index contributed by atoms with van der Waals surface area (Å²) >= 11 is 0. The van der Waals surface area contributed by atoms with Crippen LogP contribution in [0.5, 0.6) is 0 Å². The summed E-state index contributed by atoms with van der Waals surface area (Å²) in [5.41, 5.74) is 3.61. The largest absolute Gasteiger partial charge is 0.348 e. The Hall–Kier alpha value is -2.03. The lowest BCUT2D eigenvalue weighted by molar-refractivity contribution is 0.869. The molecule has 0 spiro atoms. The van der Waals surface area contributed by atoms with Gasteiger partial charge in [-0.1, -0.05) is 19.1 Å². The van der Waals surface area contributed by atoms with Gasteiger partial charge in [-0.25, -0.2) is 4.68 Å². The van der Waals surface area contributed by atoms with Gasteiger partial charge in [0.05, 0.1) is 5.69 Å². The van der Waals surface area contributed by atoms with Crippen LogP contribution in [0, 0.1) is 6.92 Å².